The first-order valence-electron chi connectivity index (χ1n) is 5.44. The Bertz CT molecular complexity index is 530. The fourth-order valence-corrected chi connectivity index (χ4v) is 2.59. The minimum absolute atomic E-state index is 0.0912. The second-order valence-corrected chi connectivity index (χ2v) is 6.01. The van der Waals surface area contributed by atoms with E-state index in [-0.39, 0.29) is 28.7 Å². The average molecular weight is 304 g/mol. The first-order valence-corrected chi connectivity index (χ1v) is 7.14. The fourth-order valence-electron chi connectivity index (χ4n) is 1.33. The van der Waals surface area contributed by atoms with Gasteiger partial charge < -0.3 is 10.0 Å². The molecule has 1 atom stereocenters. The standard InChI is InChI=1S/C12H14ClNO4S/c1-14(2)11(15)5-6-19(18)8-3-4-10(13)9(7-8)12(16)17/h3-4,7H,5-6H2,1-2H3,(H,16,17). The van der Waals surface area contributed by atoms with Crippen molar-refractivity contribution in [3.8, 4) is 0 Å². The van der Waals surface area contributed by atoms with E-state index in [4.69, 9.17) is 16.7 Å². The smallest absolute Gasteiger partial charge is 0.337 e. The molecule has 0 saturated carbocycles. The number of benzene rings is 1. The Balaban J connectivity index is 2.81. The van der Waals surface area contributed by atoms with E-state index in [1.165, 1.54) is 23.1 Å². The van der Waals surface area contributed by atoms with Gasteiger partial charge in [-0.1, -0.05) is 11.6 Å². The molecule has 7 heteroatoms. The van der Waals surface area contributed by atoms with Crippen LogP contribution in [0.1, 0.15) is 16.8 Å². The maximum Gasteiger partial charge on any atom is 0.337 e. The largest absolute Gasteiger partial charge is 0.478 e. The first kappa shape index (κ1) is 15.7. The van der Waals surface area contributed by atoms with Gasteiger partial charge in [0.15, 0.2) is 0 Å². The van der Waals surface area contributed by atoms with Gasteiger partial charge in [0.1, 0.15) is 0 Å². The van der Waals surface area contributed by atoms with Crippen molar-refractivity contribution >= 4 is 34.3 Å². The highest BCUT2D eigenvalue weighted by Gasteiger charge is 2.14. The number of hydrogen-bond acceptors (Lipinski definition) is 3. The number of carbonyl (C=O) groups excluding carboxylic acids is 1. The van der Waals surface area contributed by atoms with Crippen molar-refractivity contribution in [2.24, 2.45) is 0 Å². The van der Waals surface area contributed by atoms with E-state index < -0.39 is 16.8 Å². The average Bonchev–Trinajstić information content (AvgIpc) is 2.35. The highest BCUT2D eigenvalue weighted by molar-refractivity contribution is 7.85. The Morgan fingerprint density at radius 3 is 2.53 bits per heavy atom. The maximum absolute atomic E-state index is 12.0. The molecule has 5 nitrogen and oxygen atoms in total. The lowest BCUT2D eigenvalue weighted by molar-refractivity contribution is -0.128. The van der Waals surface area contributed by atoms with E-state index in [0.29, 0.717) is 4.90 Å². The molecule has 1 unspecified atom stereocenters. The summed E-state index contributed by atoms with van der Waals surface area (Å²) in [5, 5.41) is 9.01. The summed E-state index contributed by atoms with van der Waals surface area (Å²) in [7, 11) is 1.82. The Morgan fingerprint density at radius 2 is 2.00 bits per heavy atom. The van der Waals surface area contributed by atoms with Crippen LogP contribution in [0.5, 0.6) is 0 Å². The van der Waals surface area contributed by atoms with Crippen molar-refractivity contribution in [1.82, 2.24) is 4.90 Å². The molecule has 0 aliphatic carbocycles. The van der Waals surface area contributed by atoms with Gasteiger partial charge in [-0.3, -0.25) is 9.00 Å². The monoisotopic (exact) mass is 303 g/mol. The number of carboxylic acids is 1. The van der Waals surface area contributed by atoms with E-state index in [1.54, 1.807) is 14.1 Å². The van der Waals surface area contributed by atoms with Gasteiger partial charge in [0.2, 0.25) is 5.91 Å². The van der Waals surface area contributed by atoms with Crippen molar-refractivity contribution < 1.29 is 18.9 Å². The Hall–Kier alpha value is -1.40. The highest BCUT2D eigenvalue weighted by Crippen LogP contribution is 2.20. The van der Waals surface area contributed by atoms with Crippen LogP contribution in [0, 0.1) is 0 Å². The Kier molecular flexibility index (Phi) is 5.50. The van der Waals surface area contributed by atoms with Crippen molar-refractivity contribution in [1.29, 1.82) is 0 Å². The molecule has 1 aromatic carbocycles. The predicted molar refractivity (Wildman–Crippen MR) is 73.0 cm³/mol. The molecule has 1 rings (SSSR count). The SMILES string of the molecule is CN(C)C(=O)CCS(=O)c1ccc(Cl)c(C(=O)O)c1. The molecule has 0 aliphatic heterocycles. The zero-order valence-electron chi connectivity index (χ0n) is 10.6. The molecule has 0 aliphatic rings. The summed E-state index contributed by atoms with van der Waals surface area (Å²) in [6.07, 6.45) is 0.143. The second kappa shape index (κ2) is 6.68. The first-order chi connectivity index (χ1) is 8.82. The molecule has 0 aromatic heterocycles. The summed E-state index contributed by atoms with van der Waals surface area (Å²) >= 11 is 5.72. The quantitative estimate of drug-likeness (QED) is 0.897. The lowest BCUT2D eigenvalue weighted by Gasteiger charge is -2.10. The molecule has 0 bridgehead atoms. The van der Waals surface area contributed by atoms with Crippen molar-refractivity contribution in [3.05, 3.63) is 28.8 Å². The third-order valence-electron chi connectivity index (χ3n) is 2.43. The number of aromatic carboxylic acids is 1. The molecule has 0 fully saturated rings. The highest BCUT2D eigenvalue weighted by atomic mass is 35.5. The van der Waals surface area contributed by atoms with Gasteiger partial charge in [-0.05, 0) is 18.2 Å². The topological polar surface area (TPSA) is 74.7 Å². The van der Waals surface area contributed by atoms with Crippen LogP contribution in [-0.4, -0.2) is 45.9 Å². The van der Waals surface area contributed by atoms with Crippen LogP contribution in [0.2, 0.25) is 5.02 Å². The zero-order valence-corrected chi connectivity index (χ0v) is 12.1. The van der Waals surface area contributed by atoms with Crippen molar-refractivity contribution in [2.45, 2.75) is 11.3 Å². The van der Waals surface area contributed by atoms with Crippen LogP contribution >= 0.6 is 11.6 Å². The van der Waals surface area contributed by atoms with Crippen LogP contribution in [0.4, 0.5) is 0 Å². The van der Waals surface area contributed by atoms with E-state index in [2.05, 4.69) is 0 Å². The number of amides is 1. The molecule has 0 heterocycles. The molecule has 1 amide bonds. The van der Waals surface area contributed by atoms with Gasteiger partial charge in [0, 0.05) is 31.2 Å². The van der Waals surface area contributed by atoms with Gasteiger partial charge in [0.05, 0.1) is 21.4 Å². The predicted octanol–water partition coefficient (Wildman–Crippen LogP) is 1.62. The van der Waals surface area contributed by atoms with Gasteiger partial charge >= 0.3 is 5.97 Å². The van der Waals surface area contributed by atoms with E-state index in [1.807, 2.05) is 0 Å². The zero-order chi connectivity index (χ0) is 14.6. The summed E-state index contributed by atoms with van der Waals surface area (Å²) in [4.78, 5) is 24.1. The minimum atomic E-state index is -1.43. The van der Waals surface area contributed by atoms with Gasteiger partial charge in [0.25, 0.3) is 0 Å². The fraction of sp³-hybridized carbons (Fsp3) is 0.333. The van der Waals surface area contributed by atoms with Crippen molar-refractivity contribution in [2.75, 3.05) is 19.8 Å². The number of nitrogens with zero attached hydrogens (tertiary/aromatic N) is 1. The minimum Gasteiger partial charge on any atom is -0.478 e. The van der Waals surface area contributed by atoms with E-state index >= 15 is 0 Å². The Labute approximate surface area is 118 Å². The summed E-state index contributed by atoms with van der Waals surface area (Å²) in [5.41, 5.74) is -0.0912. The lowest BCUT2D eigenvalue weighted by Crippen LogP contribution is -2.23. The van der Waals surface area contributed by atoms with E-state index in [0.717, 1.165) is 0 Å². The molecule has 1 aromatic rings. The van der Waals surface area contributed by atoms with Crippen LogP contribution in [0.15, 0.2) is 23.1 Å². The molecule has 0 saturated heterocycles. The number of carbonyl (C=O) groups is 2. The van der Waals surface area contributed by atoms with Crippen LogP contribution in [-0.2, 0) is 15.6 Å². The number of halogens is 1. The molecule has 0 radical (unpaired) electrons. The van der Waals surface area contributed by atoms with E-state index in [9.17, 15) is 13.8 Å². The van der Waals surface area contributed by atoms with Gasteiger partial charge in [-0.15, -0.1) is 0 Å². The molecular formula is C12H14ClNO4S. The molecule has 0 spiro atoms. The van der Waals surface area contributed by atoms with Gasteiger partial charge in [-0.25, -0.2) is 4.79 Å². The van der Waals surface area contributed by atoms with Gasteiger partial charge in [-0.2, -0.15) is 0 Å². The maximum atomic E-state index is 12.0. The van der Waals surface area contributed by atoms with Crippen LogP contribution in [0.25, 0.3) is 0 Å². The summed E-state index contributed by atoms with van der Waals surface area (Å²) < 4.78 is 12.0. The number of rotatable bonds is 5. The molecule has 19 heavy (non-hydrogen) atoms. The second-order valence-electron chi connectivity index (χ2n) is 4.03. The molecule has 1 N–H and O–H groups in total. The third-order valence-corrected chi connectivity index (χ3v) is 4.12. The van der Waals surface area contributed by atoms with Crippen molar-refractivity contribution in [3.63, 3.8) is 0 Å². The normalized spacial score (nSPS) is 11.9. The lowest BCUT2D eigenvalue weighted by atomic mass is 10.2. The van der Waals surface area contributed by atoms with Crippen LogP contribution < -0.4 is 0 Å². The number of carboxylic acid groups (broad SMARTS) is 1. The van der Waals surface area contributed by atoms with Crippen LogP contribution in [0.3, 0.4) is 0 Å². The molecular weight excluding hydrogens is 290 g/mol. The Morgan fingerprint density at radius 1 is 1.37 bits per heavy atom. The number of hydrogen-bond donors (Lipinski definition) is 1. The summed E-state index contributed by atoms with van der Waals surface area (Å²) in [5.74, 6) is -1.15. The molecule has 104 valence electrons. The summed E-state index contributed by atoms with van der Waals surface area (Å²) in [6.45, 7) is 0. The summed E-state index contributed by atoms with van der Waals surface area (Å²) in [6, 6.07) is 4.18. The third kappa shape index (κ3) is 4.33.